The van der Waals surface area contributed by atoms with Gasteiger partial charge in [-0.1, -0.05) is 13.3 Å². The van der Waals surface area contributed by atoms with Gasteiger partial charge in [0.1, 0.15) is 6.10 Å². The van der Waals surface area contributed by atoms with Crippen molar-refractivity contribution >= 4 is 6.09 Å². The molecule has 0 aromatic carbocycles. The zero-order valence-corrected chi connectivity index (χ0v) is 8.51. The van der Waals surface area contributed by atoms with Gasteiger partial charge in [-0.15, -0.1) is 0 Å². The zero-order chi connectivity index (χ0) is 9.68. The molecule has 3 nitrogen and oxygen atoms in total. The first kappa shape index (κ1) is 10.4. The van der Waals surface area contributed by atoms with E-state index in [2.05, 4.69) is 12.2 Å². The molecule has 1 fully saturated rings. The molecule has 0 spiro atoms. The average Bonchev–Trinajstić information content (AvgIpc) is 2.09. The highest BCUT2D eigenvalue weighted by Gasteiger charge is 2.24. The van der Waals surface area contributed by atoms with Crippen molar-refractivity contribution in [3.63, 3.8) is 0 Å². The standard InChI is InChI=1S/C10H19NO2/c1-3-11-10(12)13-9-7-5-4-6-8(9)2/h8-9H,3-7H2,1-2H3,(H,11,12). The van der Waals surface area contributed by atoms with Gasteiger partial charge in [-0.05, 0) is 32.1 Å². The highest BCUT2D eigenvalue weighted by molar-refractivity contribution is 5.67. The Labute approximate surface area is 79.8 Å². The number of alkyl carbamates (subject to hydrolysis) is 1. The van der Waals surface area contributed by atoms with Crippen LogP contribution in [0, 0.1) is 5.92 Å². The molecule has 0 aromatic rings. The van der Waals surface area contributed by atoms with Crippen LogP contribution in [0.4, 0.5) is 4.79 Å². The Balaban J connectivity index is 2.29. The lowest BCUT2D eigenvalue weighted by Gasteiger charge is -2.28. The quantitative estimate of drug-likeness (QED) is 0.717. The van der Waals surface area contributed by atoms with Crippen molar-refractivity contribution in [2.24, 2.45) is 5.92 Å². The molecule has 2 atom stereocenters. The molecule has 0 radical (unpaired) electrons. The molecular formula is C10H19NO2. The van der Waals surface area contributed by atoms with E-state index in [4.69, 9.17) is 4.74 Å². The minimum atomic E-state index is -0.263. The molecule has 0 heterocycles. The van der Waals surface area contributed by atoms with Crippen molar-refractivity contribution in [1.82, 2.24) is 5.32 Å². The monoisotopic (exact) mass is 185 g/mol. The maximum absolute atomic E-state index is 11.1. The van der Waals surface area contributed by atoms with Crippen LogP contribution in [0.1, 0.15) is 39.5 Å². The molecule has 3 heteroatoms. The Kier molecular flexibility index (Phi) is 4.06. The Bertz CT molecular complexity index is 170. The summed E-state index contributed by atoms with van der Waals surface area (Å²) < 4.78 is 5.29. The van der Waals surface area contributed by atoms with E-state index in [0.717, 1.165) is 6.42 Å². The van der Waals surface area contributed by atoms with Crippen LogP contribution in [0.5, 0.6) is 0 Å². The summed E-state index contributed by atoms with van der Waals surface area (Å²) in [6, 6.07) is 0. The molecule has 1 N–H and O–H groups in total. The molecule has 1 amide bonds. The summed E-state index contributed by atoms with van der Waals surface area (Å²) in [5.74, 6) is 0.524. The summed E-state index contributed by atoms with van der Waals surface area (Å²) in [4.78, 5) is 11.1. The third-order valence-corrected chi connectivity index (χ3v) is 2.61. The minimum absolute atomic E-state index is 0.139. The van der Waals surface area contributed by atoms with Gasteiger partial charge in [-0.2, -0.15) is 0 Å². The van der Waals surface area contributed by atoms with Gasteiger partial charge in [0.15, 0.2) is 0 Å². The Morgan fingerprint density at radius 3 is 2.77 bits per heavy atom. The Hall–Kier alpha value is -0.730. The largest absolute Gasteiger partial charge is 0.446 e. The van der Waals surface area contributed by atoms with E-state index in [1.165, 1.54) is 19.3 Å². The smallest absolute Gasteiger partial charge is 0.407 e. The second-order valence-electron chi connectivity index (χ2n) is 3.74. The Morgan fingerprint density at radius 2 is 2.15 bits per heavy atom. The summed E-state index contributed by atoms with van der Waals surface area (Å²) in [6.45, 7) is 4.69. The summed E-state index contributed by atoms with van der Waals surface area (Å²) >= 11 is 0. The summed E-state index contributed by atoms with van der Waals surface area (Å²) in [7, 11) is 0. The van der Waals surface area contributed by atoms with Crippen LogP contribution in [0.15, 0.2) is 0 Å². The second kappa shape index (κ2) is 5.10. The van der Waals surface area contributed by atoms with E-state index < -0.39 is 0 Å². The number of ether oxygens (including phenoxy) is 1. The van der Waals surface area contributed by atoms with Crippen LogP contribution < -0.4 is 5.32 Å². The van der Waals surface area contributed by atoms with Crippen LogP contribution >= 0.6 is 0 Å². The molecule has 76 valence electrons. The fourth-order valence-corrected chi connectivity index (χ4v) is 1.78. The molecule has 0 aromatic heterocycles. The van der Waals surface area contributed by atoms with Gasteiger partial charge in [0.2, 0.25) is 0 Å². The van der Waals surface area contributed by atoms with E-state index in [1.54, 1.807) is 0 Å². The van der Waals surface area contributed by atoms with Crippen LogP contribution in [0.2, 0.25) is 0 Å². The van der Waals surface area contributed by atoms with Crippen molar-refractivity contribution in [2.75, 3.05) is 6.54 Å². The number of amides is 1. The average molecular weight is 185 g/mol. The van der Waals surface area contributed by atoms with Gasteiger partial charge < -0.3 is 10.1 Å². The van der Waals surface area contributed by atoms with Crippen LogP contribution in [-0.2, 0) is 4.74 Å². The lowest BCUT2D eigenvalue weighted by molar-refractivity contribution is 0.0438. The third-order valence-electron chi connectivity index (χ3n) is 2.61. The Morgan fingerprint density at radius 1 is 1.46 bits per heavy atom. The molecule has 13 heavy (non-hydrogen) atoms. The third kappa shape index (κ3) is 3.25. The normalized spacial score (nSPS) is 28.2. The van der Waals surface area contributed by atoms with E-state index in [1.807, 2.05) is 6.92 Å². The number of carbonyl (C=O) groups is 1. The molecule has 1 aliphatic rings. The van der Waals surface area contributed by atoms with Crippen molar-refractivity contribution in [3.05, 3.63) is 0 Å². The predicted molar refractivity (Wildman–Crippen MR) is 51.6 cm³/mol. The van der Waals surface area contributed by atoms with Gasteiger partial charge in [0.25, 0.3) is 0 Å². The van der Waals surface area contributed by atoms with Gasteiger partial charge >= 0.3 is 6.09 Å². The molecular weight excluding hydrogens is 166 g/mol. The van der Waals surface area contributed by atoms with Crippen molar-refractivity contribution in [3.8, 4) is 0 Å². The minimum Gasteiger partial charge on any atom is -0.446 e. The highest BCUT2D eigenvalue weighted by Crippen LogP contribution is 2.26. The zero-order valence-electron chi connectivity index (χ0n) is 8.51. The number of rotatable bonds is 2. The molecule has 1 saturated carbocycles. The number of carbonyl (C=O) groups excluding carboxylic acids is 1. The molecule has 1 aliphatic carbocycles. The molecule has 1 rings (SSSR count). The van der Waals surface area contributed by atoms with Gasteiger partial charge in [0.05, 0.1) is 0 Å². The van der Waals surface area contributed by atoms with E-state index in [0.29, 0.717) is 12.5 Å². The summed E-state index contributed by atoms with van der Waals surface area (Å²) in [5.41, 5.74) is 0. The number of hydrogen-bond donors (Lipinski definition) is 1. The van der Waals surface area contributed by atoms with E-state index in [9.17, 15) is 4.79 Å². The van der Waals surface area contributed by atoms with Gasteiger partial charge in [-0.25, -0.2) is 4.79 Å². The van der Waals surface area contributed by atoms with Crippen molar-refractivity contribution in [1.29, 1.82) is 0 Å². The predicted octanol–water partition coefficient (Wildman–Crippen LogP) is 2.31. The van der Waals surface area contributed by atoms with Crippen molar-refractivity contribution in [2.45, 2.75) is 45.6 Å². The molecule has 0 saturated heterocycles. The van der Waals surface area contributed by atoms with E-state index >= 15 is 0 Å². The fraction of sp³-hybridized carbons (Fsp3) is 0.900. The van der Waals surface area contributed by atoms with E-state index in [-0.39, 0.29) is 12.2 Å². The summed E-state index contributed by atoms with van der Waals surface area (Å²) in [5, 5.41) is 2.65. The topological polar surface area (TPSA) is 38.3 Å². The molecule has 2 unspecified atom stereocenters. The highest BCUT2D eigenvalue weighted by atomic mass is 16.6. The SMILES string of the molecule is CCNC(=O)OC1CCCCC1C. The maximum Gasteiger partial charge on any atom is 0.407 e. The van der Waals surface area contributed by atoms with Crippen molar-refractivity contribution < 1.29 is 9.53 Å². The number of hydrogen-bond acceptors (Lipinski definition) is 2. The van der Waals surface area contributed by atoms with Gasteiger partial charge in [0, 0.05) is 6.54 Å². The first-order chi connectivity index (χ1) is 6.24. The lowest BCUT2D eigenvalue weighted by Crippen LogP contribution is -2.33. The first-order valence-electron chi connectivity index (χ1n) is 5.18. The maximum atomic E-state index is 11.1. The first-order valence-corrected chi connectivity index (χ1v) is 5.18. The van der Waals surface area contributed by atoms with Gasteiger partial charge in [-0.3, -0.25) is 0 Å². The van der Waals surface area contributed by atoms with Crippen LogP contribution in [-0.4, -0.2) is 18.7 Å². The summed E-state index contributed by atoms with van der Waals surface area (Å²) in [6.07, 6.45) is 4.55. The van der Waals surface area contributed by atoms with Crippen LogP contribution in [0.25, 0.3) is 0 Å². The molecule has 0 bridgehead atoms. The second-order valence-corrected chi connectivity index (χ2v) is 3.74. The fourth-order valence-electron chi connectivity index (χ4n) is 1.78. The van der Waals surface area contributed by atoms with Crippen LogP contribution in [0.3, 0.4) is 0 Å². The number of nitrogens with one attached hydrogen (secondary N) is 1. The lowest BCUT2D eigenvalue weighted by atomic mass is 9.88. The molecule has 0 aliphatic heterocycles.